The molecule has 154 valence electrons. The molecule has 0 saturated carbocycles. The Morgan fingerprint density at radius 3 is 2.31 bits per heavy atom. The highest BCUT2D eigenvalue weighted by Gasteiger charge is 2.19. The number of rotatable bonds is 6. The van der Waals surface area contributed by atoms with E-state index in [1.165, 1.54) is 35.0 Å². The summed E-state index contributed by atoms with van der Waals surface area (Å²) >= 11 is 0. The van der Waals surface area contributed by atoms with Crippen LogP contribution in [0.15, 0.2) is 58.2 Å². The van der Waals surface area contributed by atoms with E-state index in [4.69, 9.17) is 0 Å². The van der Waals surface area contributed by atoms with Gasteiger partial charge in [0.05, 0.1) is 10.6 Å². The Kier molecular flexibility index (Phi) is 5.77. The lowest BCUT2D eigenvalue weighted by Crippen LogP contribution is -2.24. The van der Waals surface area contributed by atoms with E-state index >= 15 is 0 Å². The summed E-state index contributed by atoms with van der Waals surface area (Å²) in [7, 11) is -1.97. The molecule has 3 rings (SSSR count). The van der Waals surface area contributed by atoms with E-state index in [0.29, 0.717) is 11.3 Å². The summed E-state index contributed by atoms with van der Waals surface area (Å²) in [4.78, 5) is 12.9. The minimum Gasteiger partial charge on any atom is -0.285 e. The Balaban J connectivity index is 1.87. The summed E-state index contributed by atoms with van der Waals surface area (Å²) < 4.78 is 44.1. The summed E-state index contributed by atoms with van der Waals surface area (Å²) in [6.45, 7) is 5.81. The van der Waals surface area contributed by atoms with Crippen molar-refractivity contribution < 1.29 is 12.8 Å². The van der Waals surface area contributed by atoms with Crippen LogP contribution >= 0.6 is 0 Å². The molecule has 0 bridgehead atoms. The maximum Gasteiger partial charge on any atom is 0.275 e. The zero-order valence-corrected chi connectivity index (χ0v) is 17.6. The van der Waals surface area contributed by atoms with Gasteiger partial charge in [0.15, 0.2) is 0 Å². The van der Waals surface area contributed by atoms with Gasteiger partial charge in [0.1, 0.15) is 5.82 Å². The highest BCUT2D eigenvalue weighted by molar-refractivity contribution is 7.89. The summed E-state index contributed by atoms with van der Waals surface area (Å²) in [5.74, 6) is -0.336. The monoisotopic (exact) mass is 417 g/mol. The lowest BCUT2D eigenvalue weighted by molar-refractivity contribution is 0.580. The molecule has 0 unspecified atom stereocenters. The third-order valence-corrected chi connectivity index (χ3v) is 6.34. The Morgan fingerprint density at radius 1 is 1.10 bits per heavy atom. The quantitative estimate of drug-likeness (QED) is 0.669. The summed E-state index contributed by atoms with van der Waals surface area (Å²) in [5, 5.41) is 0. The zero-order chi connectivity index (χ0) is 21.3. The van der Waals surface area contributed by atoms with Crippen LogP contribution in [0.1, 0.15) is 36.6 Å². The van der Waals surface area contributed by atoms with Crippen LogP contribution in [0.2, 0.25) is 0 Å². The molecular formula is C21H24FN3O3S. The van der Waals surface area contributed by atoms with E-state index in [1.807, 2.05) is 20.8 Å². The molecule has 1 N–H and O–H groups in total. The molecule has 0 aliphatic rings. The predicted molar refractivity (Wildman–Crippen MR) is 110 cm³/mol. The molecule has 3 aromatic rings. The first kappa shape index (κ1) is 21.0. The van der Waals surface area contributed by atoms with Crippen LogP contribution in [0.5, 0.6) is 0 Å². The predicted octanol–water partition coefficient (Wildman–Crippen LogP) is 3.23. The van der Waals surface area contributed by atoms with Gasteiger partial charge in [0.25, 0.3) is 5.56 Å². The second-order valence-electron chi connectivity index (χ2n) is 7.24. The molecule has 0 aliphatic heterocycles. The molecule has 1 aromatic heterocycles. The molecule has 0 spiro atoms. The van der Waals surface area contributed by atoms with Gasteiger partial charge >= 0.3 is 0 Å². The van der Waals surface area contributed by atoms with Crippen molar-refractivity contribution in [2.45, 2.75) is 38.1 Å². The fourth-order valence-corrected chi connectivity index (χ4v) is 4.38. The highest BCUT2D eigenvalue weighted by atomic mass is 32.2. The van der Waals surface area contributed by atoms with Gasteiger partial charge in [-0.3, -0.25) is 9.48 Å². The van der Waals surface area contributed by atoms with Gasteiger partial charge in [0.2, 0.25) is 10.0 Å². The molecular weight excluding hydrogens is 393 g/mol. The van der Waals surface area contributed by atoms with E-state index in [0.717, 1.165) is 11.3 Å². The lowest BCUT2D eigenvalue weighted by Gasteiger charge is -2.10. The standard InChI is InChI=1S/C21H24FN3O3S/c1-14(2)20-15(3)24(4)25(21(20)26)18-8-10-19(11-9-18)29(27,28)23-13-16-6-5-7-17(22)12-16/h5-12,14,23H,13H2,1-4H3. The topological polar surface area (TPSA) is 73.1 Å². The molecule has 2 aromatic carbocycles. The molecule has 0 fully saturated rings. The summed E-state index contributed by atoms with van der Waals surface area (Å²) in [6.07, 6.45) is 0. The van der Waals surface area contributed by atoms with Crippen LogP contribution in [0.25, 0.3) is 5.69 Å². The molecule has 0 radical (unpaired) electrons. The summed E-state index contributed by atoms with van der Waals surface area (Å²) in [5.41, 5.74) is 2.60. The second-order valence-corrected chi connectivity index (χ2v) is 9.01. The Labute approximate surface area is 169 Å². The SMILES string of the molecule is Cc1c(C(C)C)c(=O)n(-c2ccc(S(=O)(=O)NCc3cccc(F)c3)cc2)n1C. The zero-order valence-electron chi connectivity index (χ0n) is 16.8. The number of sulfonamides is 1. The van der Waals surface area contributed by atoms with Gasteiger partial charge < -0.3 is 0 Å². The first-order valence-corrected chi connectivity index (χ1v) is 10.7. The number of halogens is 1. The highest BCUT2D eigenvalue weighted by Crippen LogP contribution is 2.19. The lowest BCUT2D eigenvalue weighted by atomic mass is 10.0. The normalized spacial score (nSPS) is 11.9. The molecule has 8 heteroatoms. The Bertz CT molecular complexity index is 1190. The van der Waals surface area contributed by atoms with Crippen molar-refractivity contribution in [3.8, 4) is 5.69 Å². The fraction of sp³-hybridized carbons (Fsp3) is 0.286. The van der Waals surface area contributed by atoms with Crippen LogP contribution in [-0.4, -0.2) is 17.8 Å². The van der Waals surface area contributed by atoms with Gasteiger partial charge in [-0.2, -0.15) is 0 Å². The molecule has 29 heavy (non-hydrogen) atoms. The molecule has 0 saturated heterocycles. The smallest absolute Gasteiger partial charge is 0.275 e. The maximum absolute atomic E-state index is 13.3. The largest absolute Gasteiger partial charge is 0.285 e. The van der Waals surface area contributed by atoms with Crippen molar-refractivity contribution >= 4 is 10.0 Å². The average molecular weight is 418 g/mol. The van der Waals surface area contributed by atoms with Gasteiger partial charge in [-0.25, -0.2) is 22.2 Å². The van der Waals surface area contributed by atoms with Crippen LogP contribution in [0.4, 0.5) is 4.39 Å². The molecule has 0 atom stereocenters. The minimum atomic E-state index is -3.77. The van der Waals surface area contributed by atoms with Crippen molar-refractivity contribution in [1.29, 1.82) is 0 Å². The van der Waals surface area contributed by atoms with Gasteiger partial charge in [-0.1, -0.05) is 26.0 Å². The van der Waals surface area contributed by atoms with Crippen LogP contribution in [0, 0.1) is 12.7 Å². The maximum atomic E-state index is 13.3. The Hall–Kier alpha value is -2.71. The number of nitrogens with one attached hydrogen (secondary N) is 1. The minimum absolute atomic E-state index is 0.0178. The third kappa shape index (κ3) is 4.18. The Morgan fingerprint density at radius 2 is 1.76 bits per heavy atom. The van der Waals surface area contributed by atoms with Crippen LogP contribution < -0.4 is 10.3 Å². The third-order valence-electron chi connectivity index (χ3n) is 4.92. The summed E-state index contributed by atoms with van der Waals surface area (Å²) in [6, 6.07) is 11.9. The number of hydrogen-bond donors (Lipinski definition) is 1. The van der Waals surface area contributed by atoms with Crippen molar-refractivity contribution in [3.63, 3.8) is 0 Å². The van der Waals surface area contributed by atoms with Crippen LogP contribution in [0.3, 0.4) is 0 Å². The first-order chi connectivity index (χ1) is 13.6. The van der Waals surface area contributed by atoms with E-state index in [-0.39, 0.29) is 22.9 Å². The van der Waals surface area contributed by atoms with E-state index in [1.54, 1.807) is 29.9 Å². The number of aromatic nitrogens is 2. The second kappa shape index (κ2) is 7.96. The van der Waals surface area contributed by atoms with Crippen LogP contribution in [-0.2, 0) is 23.6 Å². The molecule has 0 amide bonds. The number of benzene rings is 2. The fourth-order valence-electron chi connectivity index (χ4n) is 3.36. The first-order valence-electron chi connectivity index (χ1n) is 9.25. The van der Waals surface area contributed by atoms with E-state index < -0.39 is 15.8 Å². The van der Waals surface area contributed by atoms with Crippen molar-refractivity contribution in [2.75, 3.05) is 0 Å². The molecule has 0 aliphatic carbocycles. The average Bonchev–Trinajstić information content (AvgIpc) is 2.89. The van der Waals surface area contributed by atoms with Gasteiger partial charge in [-0.15, -0.1) is 0 Å². The van der Waals surface area contributed by atoms with Gasteiger partial charge in [-0.05, 0) is 54.8 Å². The molecule has 6 nitrogen and oxygen atoms in total. The number of nitrogens with zero attached hydrogens (tertiary/aromatic N) is 2. The van der Waals surface area contributed by atoms with Crippen molar-refractivity contribution in [2.24, 2.45) is 7.05 Å². The van der Waals surface area contributed by atoms with Gasteiger partial charge in [0, 0.05) is 24.8 Å². The van der Waals surface area contributed by atoms with E-state index in [2.05, 4.69) is 4.72 Å². The van der Waals surface area contributed by atoms with Crippen molar-refractivity contribution in [3.05, 3.63) is 81.5 Å². The van der Waals surface area contributed by atoms with E-state index in [9.17, 15) is 17.6 Å². The number of hydrogen-bond acceptors (Lipinski definition) is 3. The molecule has 1 heterocycles. The van der Waals surface area contributed by atoms with Crippen molar-refractivity contribution in [1.82, 2.24) is 14.1 Å².